The lowest BCUT2D eigenvalue weighted by Gasteiger charge is -2.27. The third kappa shape index (κ3) is 2.26. The van der Waals surface area contributed by atoms with Crippen molar-refractivity contribution in [1.82, 2.24) is 9.97 Å². The summed E-state index contributed by atoms with van der Waals surface area (Å²) in [5.74, 6) is 1.63. The molecule has 0 bridgehead atoms. The smallest absolute Gasteiger partial charge is 0.161 e. The molecule has 2 heterocycles. The predicted molar refractivity (Wildman–Crippen MR) is 78.6 cm³/mol. The first-order valence-electron chi connectivity index (χ1n) is 6.63. The second-order valence-electron chi connectivity index (χ2n) is 4.88. The molecule has 98 valence electrons. The largest absolute Gasteiger partial charge is 0.374 e. The third-order valence-corrected chi connectivity index (χ3v) is 3.60. The molecule has 1 aromatic heterocycles. The van der Waals surface area contributed by atoms with Gasteiger partial charge in [-0.05, 0) is 42.7 Å². The van der Waals surface area contributed by atoms with Gasteiger partial charge in [0.1, 0.15) is 5.82 Å². The minimum Gasteiger partial charge on any atom is -0.374 e. The maximum absolute atomic E-state index is 4.49. The van der Waals surface area contributed by atoms with Crippen molar-refractivity contribution < 1.29 is 0 Å². The van der Waals surface area contributed by atoms with E-state index in [1.54, 1.807) is 6.20 Å². The molecule has 4 heteroatoms. The van der Waals surface area contributed by atoms with Gasteiger partial charge in [-0.25, -0.2) is 9.97 Å². The molecule has 1 aliphatic heterocycles. The van der Waals surface area contributed by atoms with Gasteiger partial charge in [-0.3, -0.25) is 0 Å². The fourth-order valence-corrected chi connectivity index (χ4v) is 2.56. The molecule has 3 rings (SSSR count). The number of benzene rings is 1. The Morgan fingerprint density at radius 1 is 1.26 bits per heavy atom. The van der Waals surface area contributed by atoms with E-state index in [0.717, 1.165) is 30.2 Å². The van der Waals surface area contributed by atoms with Crippen LogP contribution < -0.4 is 10.2 Å². The number of nitrogens with one attached hydrogen (secondary N) is 1. The van der Waals surface area contributed by atoms with Crippen molar-refractivity contribution in [2.75, 3.05) is 30.9 Å². The average Bonchev–Trinajstić information content (AvgIpc) is 2.47. The summed E-state index contributed by atoms with van der Waals surface area (Å²) in [6, 6.07) is 8.38. The van der Waals surface area contributed by atoms with Gasteiger partial charge in [0, 0.05) is 38.1 Å². The summed E-state index contributed by atoms with van der Waals surface area (Å²) in [4.78, 5) is 11.2. The van der Waals surface area contributed by atoms with Gasteiger partial charge in [-0.2, -0.15) is 0 Å². The first kappa shape index (κ1) is 12.0. The molecule has 0 spiro atoms. The van der Waals surface area contributed by atoms with Crippen molar-refractivity contribution >= 4 is 11.5 Å². The molecule has 4 nitrogen and oxygen atoms in total. The molecule has 0 atom stereocenters. The standard InChI is InChI=1S/C15H18N4/c1-16-14-7-8-17-15(18-14)12-5-6-13-11(10-12)4-3-9-19(13)2/h5-8,10H,3-4,9H2,1-2H3,(H,16,17,18). The van der Waals surface area contributed by atoms with Crippen LogP contribution in [0.25, 0.3) is 11.4 Å². The maximum Gasteiger partial charge on any atom is 0.161 e. The Morgan fingerprint density at radius 3 is 3.00 bits per heavy atom. The van der Waals surface area contributed by atoms with Crippen LogP contribution in [0.5, 0.6) is 0 Å². The monoisotopic (exact) mass is 254 g/mol. The Balaban J connectivity index is 2.01. The van der Waals surface area contributed by atoms with Crippen LogP contribution in [0.2, 0.25) is 0 Å². The normalized spacial score (nSPS) is 14.1. The van der Waals surface area contributed by atoms with Crippen molar-refractivity contribution in [3.8, 4) is 11.4 Å². The summed E-state index contributed by atoms with van der Waals surface area (Å²) in [6.45, 7) is 1.14. The molecule has 0 saturated carbocycles. The molecule has 1 aliphatic rings. The van der Waals surface area contributed by atoms with Crippen LogP contribution >= 0.6 is 0 Å². The highest BCUT2D eigenvalue weighted by Gasteiger charge is 2.14. The van der Waals surface area contributed by atoms with Crippen LogP contribution in [0.15, 0.2) is 30.5 Å². The van der Waals surface area contributed by atoms with E-state index in [1.807, 2.05) is 13.1 Å². The van der Waals surface area contributed by atoms with Crippen LogP contribution in [0.1, 0.15) is 12.0 Å². The highest BCUT2D eigenvalue weighted by atomic mass is 15.1. The molecule has 0 radical (unpaired) electrons. The molecule has 0 amide bonds. The van der Waals surface area contributed by atoms with Crippen LogP contribution in [0.3, 0.4) is 0 Å². The lowest BCUT2D eigenvalue weighted by molar-refractivity contribution is 0.744. The topological polar surface area (TPSA) is 41.1 Å². The summed E-state index contributed by atoms with van der Waals surface area (Å²) in [7, 11) is 4.02. The minimum absolute atomic E-state index is 0.780. The zero-order valence-electron chi connectivity index (χ0n) is 11.3. The molecule has 0 saturated heterocycles. The molecular formula is C15H18N4. The van der Waals surface area contributed by atoms with Crippen LogP contribution in [0.4, 0.5) is 11.5 Å². The van der Waals surface area contributed by atoms with E-state index in [0.29, 0.717) is 0 Å². The summed E-state index contributed by atoms with van der Waals surface area (Å²) in [6.07, 6.45) is 4.14. The van der Waals surface area contributed by atoms with E-state index in [2.05, 4.69) is 45.4 Å². The van der Waals surface area contributed by atoms with Gasteiger partial charge in [-0.15, -0.1) is 0 Å². The van der Waals surface area contributed by atoms with Crippen molar-refractivity contribution in [3.63, 3.8) is 0 Å². The number of aryl methyl sites for hydroxylation is 1. The Bertz CT molecular complexity index is 594. The lowest BCUT2D eigenvalue weighted by atomic mass is 9.99. The third-order valence-electron chi connectivity index (χ3n) is 3.60. The van der Waals surface area contributed by atoms with Gasteiger partial charge in [0.25, 0.3) is 0 Å². The number of anilines is 2. The van der Waals surface area contributed by atoms with Crippen molar-refractivity contribution in [1.29, 1.82) is 0 Å². The molecule has 0 unspecified atom stereocenters. The lowest BCUT2D eigenvalue weighted by Crippen LogP contribution is -2.24. The fourth-order valence-electron chi connectivity index (χ4n) is 2.56. The Labute approximate surface area is 113 Å². The predicted octanol–water partition coefficient (Wildman–Crippen LogP) is 2.57. The Hall–Kier alpha value is -2.10. The first-order valence-corrected chi connectivity index (χ1v) is 6.63. The zero-order valence-corrected chi connectivity index (χ0v) is 11.3. The summed E-state index contributed by atoms with van der Waals surface area (Å²) >= 11 is 0. The van der Waals surface area contributed by atoms with E-state index < -0.39 is 0 Å². The van der Waals surface area contributed by atoms with Crippen LogP contribution in [-0.4, -0.2) is 30.6 Å². The van der Waals surface area contributed by atoms with Gasteiger partial charge in [-0.1, -0.05) is 0 Å². The van der Waals surface area contributed by atoms with Crippen LogP contribution in [0, 0.1) is 0 Å². The summed E-state index contributed by atoms with van der Waals surface area (Å²) < 4.78 is 0. The molecule has 1 aromatic carbocycles. The molecule has 0 fully saturated rings. The van der Waals surface area contributed by atoms with Gasteiger partial charge in [0.05, 0.1) is 0 Å². The summed E-state index contributed by atoms with van der Waals surface area (Å²) in [5.41, 5.74) is 3.82. The Morgan fingerprint density at radius 2 is 2.16 bits per heavy atom. The van der Waals surface area contributed by atoms with E-state index >= 15 is 0 Å². The fraction of sp³-hybridized carbons (Fsp3) is 0.333. The second-order valence-corrected chi connectivity index (χ2v) is 4.88. The number of fused-ring (bicyclic) bond motifs is 1. The number of hydrogen-bond acceptors (Lipinski definition) is 4. The van der Waals surface area contributed by atoms with E-state index in [1.165, 1.54) is 17.7 Å². The van der Waals surface area contributed by atoms with Gasteiger partial charge < -0.3 is 10.2 Å². The number of aromatic nitrogens is 2. The molecular weight excluding hydrogens is 236 g/mol. The van der Waals surface area contributed by atoms with E-state index in [-0.39, 0.29) is 0 Å². The Kier molecular flexibility index (Phi) is 3.07. The molecule has 2 aromatic rings. The zero-order chi connectivity index (χ0) is 13.2. The van der Waals surface area contributed by atoms with Crippen molar-refractivity contribution in [2.24, 2.45) is 0 Å². The molecule has 0 aliphatic carbocycles. The maximum atomic E-state index is 4.49. The van der Waals surface area contributed by atoms with Crippen molar-refractivity contribution in [2.45, 2.75) is 12.8 Å². The van der Waals surface area contributed by atoms with Gasteiger partial charge in [0.15, 0.2) is 5.82 Å². The SMILES string of the molecule is CNc1ccnc(-c2ccc3c(c2)CCCN3C)n1. The quantitative estimate of drug-likeness (QED) is 0.894. The highest BCUT2D eigenvalue weighted by Crippen LogP contribution is 2.29. The second kappa shape index (κ2) is 4.88. The number of nitrogens with zero attached hydrogens (tertiary/aromatic N) is 3. The molecule has 19 heavy (non-hydrogen) atoms. The van der Waals surface area contributed by atoms with Gasteiger partial charge in [0.2, 0.25) is 0 Å². The minimum atomic E-state index is 0.780. The number of rotatable bonds is 2. The van der Waals surface area contributed by atoms with Gasteiger partial charge >= 0.3 is 0 Å². The highest BCUT2D eigenvalue weighted by molar-refractivity contribution is 5.66. The average molecular weight is 254 g/mol. The molecule has 1 N–H and O–H groups in total. The van der Waals surface area contributed by atoms with Crippen molar-refractivity contribution in [3.05, 3.63) is 36.0 Å². The van der Waals surface area contributed by atoms with E-state index in [9.17, 15) is 0 Å². The summed E-state index contributed by atoms with van der Waals surface area (Å²) in [5, 5.41) is 3.05. The van der Waals surface area contributed by atoms with Crippen LogP contribution in [-0.2, 0) is 6.42 Å². The van der Waals surface area contributed by atoms with E-state index in [4.69, 9.17) is 0 Å². The number of hydrogen-bond donors (Lipinski definition) is 1. The first-order chi connectivity index (χ1) is 9.28.